The third-order valence-corrected chi connectivity index (χ3v) is 3.12. The molecule has 3 aromatic rings. The van der Waals surface area contributed by atoms with E-state index in [0.717, 1.165) is 33.5 Å². The Labute approximate surface area is 109 Å². The number of H-pyrrole nitrogens is 2. The molecule has 0 saturated carbocycles. The molecule has 0 saturated heterocycles. The van der Waals surface area contributed by atoms with E-state index in [9.17, 15) is 0 Å². The Morgan fingerprint density at radius 3 is 2.67 bits per heavy atom. The molecule has 2 heterocycles. The summed E-state index contributed by atoms with van der Waals surface area (Å²) in [6, 6.07) is 8.16. The van der Waals surface area contributed by atoms with Crippen LogP contribution in [-0.4, -0.2) is 20.2 Å². The molecule has 0 unspecified atom stereocenters. The number of fused-ring (bicyclic) bond motifs is 1. The first-order valence-electron chi connectivity index (χ1n) is 5.67. The first-order valence-corrected chi connectivity index (χ1v) is 6.08. The zero-order valence-corrected chi connectivity index (χ0v) is 10.9. The Kier molecular flexibility index (Phi) is 2.48. The number of aromatic amines is 2. The molecule has 0 aliphatic rings. The van der Waals surface area contributed by atoms with Crippen molar-refractivity contribution in [1.29, 1.82) is 0 Å². The Balaban J connectivity index is 2.42. The number of nitrogens with one attached hydrogen (secondary N) is 2. The molecule has 0 radical (unpaired) electrons. The molecular formula is C13H12N4S. The predicted octanol–water partition coefficient (Wildman–Crippen LogP) is 3.30. The van der Waals surface area contributed by atoms with Gasteiger partial charge < -0.3 is 0 Å². The van der Waals surface area contributed by atoms with Gasteiger partial charge in [0, 0.05) is 16.6 Å². The maximum Gasteiger partial charge on any atom is 0.213 e. The summed E-state index contributed by atoms with van der Waals surface area (Å²) < 4.78 is 0.459. The van der Waals surface area contributed by atoms with Crippen LogP contribution in [0.15, 0.2) is 24.3 Å². The summed E-state index contributed by atoms with van der Waals surface area (Å²) >= 11 is 5.00. The van der Waals surface area contributed by atoms with Crippen molar-refractivity contribution in [1.82, 2.24) is 20.2 Å². The molecule has 0 aliphatic heterocycles. The van der Waals surface area contributed by atoms with Gasteiger partial charge in [0.15, 0.2) is 5.82 Å². The van der Waals surface area contributed by atoms with Crippen LogP contribution in [0.4, 0.5) is 0 Å². The van der Waals surface area contributed by atoms with Crippen LogP contribution in [0.25, 0.3) is 22.3 Å². The molecule has 1 aromatic carbocycles. The molecule has 0 fully saturated rings. The van der Waals surface area contributed by atoms with Crippen molar-refractivity contribution < 1.29 is 0 Å². The van der Waals surface area contributed by atoms with E-state index in [1.807, 2.05) is 19.1 Å². The Hall–Kier alpha value is -2.01. The van der Waals surface area contributed by atoms with Crippen LogP contribution in [0.5, 0.6) is 0 Å². The summed E-state index contributed by atoms with van der Waals surface area (Å²) in [7, 11) is 0. The SMILES string of the molecule is Cc1cc(-c2nc(=S)[nH][nH]2)c2cccc(C)c2n1. The maximum absolute atomic E-state index is 5.00. The van der Waals surface area contributed by atoms with Crippen LogP contribution in [0, 0.1) is 18.6 Å². The number of hydrogen-bond acceptors (Lipinski definition) is 3. The van der Waals surface area contributed by atoms with Gasteiger partial charge in [-0.25, -0.2) is 0 Å². The van der Waals surface area contributed by atoms with Gasteiger partial charge in [0.05, 0.1) is 5.52 Å². The highest BCUT2D eigenvalue weighted by Gasteiger charge is 2.09. The lowest BCUT2D eigenvalue weighted by atomic mass is 10.0. The zero-order valence-electron chi connectivity index (χ0n) is 10.1. The Bertz CT molecular complexity index is 785. The minimum Gasteiger partial charge on any atom is -0.282 e. The van der Waals surface area contributed by atoms with E-state index in [1.54, 1.807) is 0 Å². The highest BCUT2D eigenvalue weighted by molar-refractivity contribution is 7.71. The molecule has 0 spiro atoms. The lowest BCUT2D eigenvalue weighted by Crippen LogP contribution is -1.92. The number of aromatic nitrogens is 4. The van der Waals surface area contributed by atoms with Crippen LogP contribution in [0.1, 0.15) is 11.3 Å². The first-order chi connectivity index (χ1) is 8.65. The quantitative estimate of drug-likeness (QED) is 0.657. The fourth-order valence-electron chi connectivity index (χ4n) is 2.11. The minimum absolute atomic E-state index is 0.459. The monoisotopic (exact) mass is 256 g/mol. The third kappa shape index (κ3) is 1.73. The molecule has 2 N–H and O–H groups in total. The molecule has 0 atom stereocenters. The number of aryl methyl sites for hydroxylation is 2. The van der Waals surface area contributed by atoms with Crippen molar-refractivity contribution in [2.75, 3.05) is 0 Å². The predicted molar refractivity (Wildman–Crippen MR) is 74.0 cm³/mol. The number of para-hydroxylation sites is 1. The summed E-state index contributed by atoms with van der Waals surface area (Å²) in [5.41, 5.74) is 4.16. The lowest BCUT2D eigenvalue weighted by Gasteiger charge is -2.07. The van der Waals surface area contributed by atoms with E-state index in [-0.39, 0.29) is 0 Å². The van der Waals surface area contributed by atoms with Crippen molar-refractivity contribution >= 4 is 23.1 Å². The summed E-state index contributed by atoms with van der Waals surface area (Å²) in [5.74, 6) is 0.751. The first kappa shape index (κ1) is 11.1. The maximum atomic E-state index is 5.00. The number of hydrogen-bond donors (Lipinski definition) is 2. The van der Waals surface area contributed by atoms with E-state index in [1.165, 1.54) is 0 Å². The number of rotatable bonds is 1. The van der Waals surface area contributed by atoms with Gasteiger partial charge in [0.2, 0.25) is 4.77 Å². The van der Waals surface area contributed by atoms with Crippen molar-refractivity contribution in [3.05, 3.63) is 40.3 Å². The van der Waals surface area contributed by atoms with Crippen LogP contribution in [0.3, 0.4) is 0 Å². The summed E-state index contributed by atoms with van der Waals surface area (Å²) in [5, 5.41) is 6.90. The molecule has 0 amide bonds. The molecule has 5 heteroatoms. The average molecular weight is 256 g/mol. The highest BCUT2D eigenvalue weighted by Crippen LogP contribution is 2.27. The van der Waals surface area contributed by atoms with Gasteiger partial charge in [-0.15, -0.1) is 0 Å². The third-order valence-electron chi connectivity index (χ3n) is 2.93. The van der Waals surface area contributed by atoms with Gasteiger partial charge in [-0.05, 0) is 37.7 Å². The van der Waals surface area contributed by atoms with Gasteiger partial charge in [-0.3, -0.25) is 15.2 Å². The van der Waals surface area contributed by atoms with Gasteiger partial charge >= 0.3 is 0 Å². The van der Waals surface area contributed by atoms with E-state index in [2.05, 4.69) is 39.2 Å². The van der Waals surface area contributed by atoms with E-state index in [0.29, 0.717) is 4.77 Å². The zero-order chi connectivity index (χ0) is 12.7. The van der Waals surface area contributed by atoms with Crippen molar-refractivity contribution in [3.63, 3.8) is 0 Å². The van der Waals surface area contributed by atoms with Gasteiger partial charge in [0.1, 0.15) is 0 Å². The van der Waals surface area contributed by atoms with E-state index >= 15 is 0 Å². The van der Waals surface area contributed by atoms with Crippen molar-refractivity contribution in [2.45, 2.75) is 13.8 Å². The standard InChI is InChI=1S/C13H12N4S/c1-7-4-3-5-9-10(6-8(2)14-11(7)9)12-15-13(18)17-16-12/h3-6H,1-2H3,(H2,15,16,17,18). The van der Waals surface area contributed by atoms with E-state index in [4.69, 9.17) is 12.2 Å². The molecule has 2 aromatic heterocycles. The molecule has 3 rings (SSSR count). The highest BCUT2D eigenvalue weighted by atomic mass is 32.1. The largest absolute Gasteiger partial charge is 0.282 e. The van der Waals surface area contributed by atoms with Gasteiger partial charge in [0.25, 0.3) is 0 Å². The molecular weight excluding hydrogens is 244 g/mol. The molecule has 0 aliphatic carbocycles. The molecule has 18 heavy (non-hydrogen) atoms. The fourth-order valence-corrected chi connectivity index (χ4v) is 2.26. The average Bonchev–Trinajstić information content (AvgIpc) is 2.76. The topological polar surface area (TPSA) is 57.4 Å². The number of pyridine rings is 1. The van der Waals surface area contributed by atoms with Crippen molar-refractivity contribution in [3.8, 4) is 11.4 Å². The van der Waals surface area contributed by atoms with Crippen LogP contribution in [0.2, 0.25) is 0 Å². The normalized spacial score (nSPS) is 11.0. The summed E-state index contributed by atoms with van der Waals surface area (Å²) in [6.07, 6.45) is 0. The number of benzene rings is 1. The minimum atomic E-state index is 0.459. The number of nitrogens with zero attached hydrogens (tertiary/aromatic N) is 2. The van der Waals surface area contributed by atoms with Crippen LogP contribution < -0.4 is 0 Å². The van der Waals surface area contributed by atoms with Crippen LogP contribution in [-0.2, 0) is 0 Å². The summed E-state index contributed by atoms with van der Waals surface area (Å²) in [6.45, 7) is 4.04. The van der Waals surface area contributed by atoms with Crippen molar-refractivity contribution in [2.24, 2.45) is 0 Å². The lowest BCUT2D eigenvalue weighted by molar-refractivity contribution is 1.08. The second-order valence-electron chi connectivity index (χ2n) is 4.30. The molecule has 0 bridgehead atoms. The smallest absolute Gasteiger partial charge is 0.213 e. The Morgan fingerprint density at radius 1 is 1.11 bits per heavy atom. The Morgan fingerprint density at radius 2 is 1.94 bits per heavy atom. The van der Waals surface area contributed by atoms with Crippen LogP contribution >= 0.6 is 12.2 Å². The second kappa shape index (κ2) is 4.03. The summed E-state index contributed by atoms with van der Waals surface area (Å²) in [4.78, 5) is 8.87. The fraction of sp³-hybridized carbons (Fsp3) is 0.154. The molecule has 4 nitrogen and oxygen atoms in total. The van der Waals surface area contributed by atoms with E-state index < -0.39 is 0 Å². The molecule has 90 valence electrons. The van der Waals surface area contributed by atoms with Gasteiger partial charge in [-0.2, -0.15) is 4.98 Å². The van der Waals surface area contributed by atoms with Gasteiger partial charge in [-0.1, -0.05) is 18.2 Å². The second-order valence-corrected chi connectivity index (χ2v) is 4.68.